The lowest BCUT2D eigenvalue weighted by Crippen LogP contribution is -1.98. The maximum absolute atomic E-state index is 10.6. The molecule has 0 unspecified atom stereocenters. The largest absolute Gasteiger partial charge is 0.495 e. The standard InChI is InChI=1S/C10H11N3O4/c1-7(14)6-11-12-9-5-8(13(15)16)3-4-10(9)17-2/h3-6,12H,1-2H3. The van der Waals surface area contributed by atoms with Gasteiger partial charge in [-0.05, 0) is 6.07 Å². The number of carbonyl (C=O) groups is 1. The molecule has 0 atom stereocenters. The number of carbonyl (C=O) groups excluding carboxylic acids is 1. The highest BCUT2D eigenvalue weighted by molar-refractivity contribution is 6.26. The molecule has 0 aliphatic rings. The number of non-ortho nitro benzene ring substituents is 1. The van der Waals surface area contributed by atoms with Gasteiger partial charge in [0.2, 0.25) is 0 Å². The first-order valence-electron chi connectivity index (χ1n) is 4.66. The Bertz CT molecular complexity index is 471. The third-order valence-corrected chi connectivity index (χ3v) is 1.83. The number of ketones is 1. The molecule has 90 valence electrons. The SMILES string of the molecule is COc1ccc([N+](=O)[O-])cc1NN=CC(C)=O. The first kappa shape index (κ1) is 12.6. The molecule has 0 spiro atoms. The van der Waals surface area contributed by atoms with Gasteiger partial charge in [-0.1, -0.05) is 0 Å². The van der Waals surface area contributed by atoms with Crippen LogP contribution < -0.4 is 10.2 Å². The fourth-order valence-electron chi connectivity index (χ4n) is 1.09. The van der Waals surface area contributed by atoms with E-state index in [4.69, 9.17) is 4.74 Å². The summed E-state index contributed by atoms with van der Waals surface area (Å²) in [5, 5.41) is 14.2. The summed E-state index contributed by atoms with van der Waals surface area (Å²) in [5.41, 5.74) is 2.74. The maximum atomic E-state index is 10.6. The summed E-state index contributed by atoms with van der Waals surface area (Å²) in [6.07, 6.45) is 1.07. The van der Waals surface area contributed by atoms with E-state index in [0.29, 0.717) is 11.4 Å². The average molecular weight is 237 g/mol. The number of hydrazone groups is 1. The van der Waals surface area contributed by atoms with Crippen LogP contribution in [0.25, 0.3) is 0 Å². The van der Waals surface area contributed by atoms with Crippen LogP contribution in [0.1, 0.15) is 6.92 Å². The van der Waals surface area contributed by atoms with E-state index in [1.165, 1.54) is 32.2 Å². The minimum absolute atomic E-state index is 0.0914. The van der Waals surface area contributed by atoms with Crippen LogP contribution in [0.3, 0.4) is 0 Å². The van der Waals surface area contributed by atoms with E-state index in [2.05, 4.69) is 10.5 Å². The summed E-state index contributed by atoms with van der Waals surface area (Å²) in [5.74, 6) is 0.165. The number of nitrogens with one attached hydrogen (secondary N) is 1. The van der Waals surface area contributed by atoms with Crippen molar-refractivity contribution in [1.29, 1.82) is 0 Å². The third kappa shape index (κ3) is 3.56. The number of hydrogen-bond acceptors (Lipinski definition) is 6. The average Bonchev–Trinajstić information content (AvgIpc) is 2.28. The van der Waals surface area contributed by atoms with Gasteiger partial charge >= 0.3 is 0 Å². The van der Waals surface area contributed by atoms with E-state index >= 15 is 0 Å². The molecule has 0 saturated carbocycles. The highest BCUT2D eigenvalue weighted by Gasteiger charge is 2.10. The second-order valence-electron chi connectivity index (χ2n) is 3.12. The molecular weight excluding hydrogens is 226 g/mol. The van der Waals surface area contributed by atoms with E-state index < -0.39 is 4.92 Å². The number of nitrogens with zero attached hydrogens (tertiary/aromatic N) is 2. The number of benzene rings is 1. The van der Waals surface area contributed by atoms with Gasteiger partial charge in [-0.15, -0.1) is 0 Å². The molecular formula is C10H11N3O4. The molecule has 0 saturated heterocycles. The first-order valence-corrected chi connectivity index (χ1v) is 4.66. The monoisotopic (exact) mass is 237 g/mol. The number of anilines is 1. The number of rotatable bonds is 5. The van der Waals surface area contributed by atoms with Gasteiger partial charge in [0.25, 0.3) is 5.69 Å². The van der Waals surface area contributed by atoms with Crippen LogP contribution in [0, 0.1) is 10.1 Å². The van der Waals surface area contributed by atoms with Gasteiger partial charge < -0.3 is 4.74 Å². The highest BCUT2D eigenvalue weighted by Crippen LogP contribution is 2.28. The van der Waals surface area contributed by atoms with Crippen molar-refractivity contribution in [3.63, 3.8) is 0 Å². The molecule has 7 nitrogen and oxygen atoms in total. The van der Waals surface area contributed by atoms with Crippen molar-refractivity contribution in [2.24, 2.45) is 5.10 Å². The van der Waals surface area contributed by atoms with Crippen molar-refractivity contribution in [1.82, 2.24) is 0 Å². The summed E-state index contributed by atoms with van der Waals surface area (Å²) in [6.45, 7) is 1.34. The van der Waals surface area contributed by atoms with E-state index in [1.807, 2.05) is 0 Å². The fraction of sp³-hybridized carbons (Fsp3) is 0.200. The van der Waals surface area contributed by atoms with E-state index in [0.717, 1.165) is 6.21 Å². The third-order valence-electron chi connectivity index (χ3n) is 1.83. The van der Waals surface area contributed by atoms with Crippen LogP contribution in [0.4, 0.5) is 11.4 Å². The van der Waals surface area contributed by atoms with Crippen molar-refractivity contribution < 1.29 is 14.5 Å². The quantitative estimate of drug-likeness (QED) is 0.476. The Labute approximate surface area is 97.2 Å². The lowest BCUT2D eigenvalue weighted by molar-refractivity contribution is -0.384. The van der Waals surface area contributed by atoms with Crippen molar-refractivity contribution >= 4 is 23.4 Å². The maximum Gasteiger partial charge on any atom is 0.271 e. The molecule has 1 aromatic carbocycles. The van der Waals surface area contributed by atoms with Crippen molar-refractivity contribution in [2.45, 2.75) is 6.92 Å². The number of nitro groups is 1. The predicted octanol–water partition coefficient (Wildman–Crippen LogP) is 1.59. The summed E-state index contributed by atoms with van der Waals surface area (Å²) >= 11 is 0. The normalized spacial score (nSPS) is 10.2. The second-order valence-corrected chi connectivity index (χ2v) is 3.12. The van der Waals surface area contributed by atoms with Crippen LogP contribution >= 0.6 is 0 Å². The van der Waals surface area contributed by atoms with Crippen LogP contribution in [-0.2, 0) is 4.79 Å². The van der Waals surface area contributed by atoms with Gasteiger partial charge in [-0.3, -0.25) is 20.3 Å². The van der Waals surface area contributed by atoms with Crippen molar-refractivity contribution in [3.8, 4) is 5.75 Å². The Morgan fingerprint density at radius 3 is 2.82 bits per heavy atom. The minimum Gasteiger partial charge on any atom is -0.495 e. The van der Waals surface area contributed by atoms with Crippen LogP contribution in [0.15, 0.2) is 23.3 Å². The Hall–Kier alpha value is -2.44. The molecule has 17 heavy (non-hydrogen) atoms. The smallest absolute Gasteiger partial charge is 0.271 e. The number of ether oxygens (including phenoxy) is 1. The van der Waals surface area contributed by atoms with Crippen LogP contribution in [0.2, 0.25) is 0 Å². The highest BCUT2D eigenvalue weighted by atomic mass is 16.6. The molecule has 0 bridgehead atoms. The molecule has 1 N–H and O–H groups in total. The zero-order valence-electron chi connectivity index (χ0n) is 9.34. The van der Waals surface area contributed by atoms with Crippen LogP contribution in [0.5, 0.6) is 5.75 Å². The molecule has 0 aromatic heterocycles. The molecule has 7 heteroatoms. The number of methoxy groups -OCH3 is 1. The molecule has 1 aromatic rings. The minimum atomic E-state index is -0.528. The Kier molecular flexibility index (Phi) is 4.15. The van der Waals surface area contributed by atoms with Gasteiger partial charge in [0.05, 0.1) is 18.2 Å². The van der Waals surface area contributed by atoms with Gasteiger partial charge in [0, 0.05) is 19.1 Å². The number of Topliss-reactive ketones (excluding diaryl/α,β-unsaturated/α-hetero) is 1. The molecule has 0 aliphatic heterocycles. The molecule has 0 amide bonds. The van der Waals surface area contributed by atoms with Gasteiger partial charge in [0.15, 0.2) is 5.78 Å². The van der Waals surface area contributed by atoms with Gasteiger partial charge in [0.1, 0.15) is 11.4 Å². The number of nitro benzene ring substituents is 1. The van der Waals surface area contributed by atoms with E-state index in [9.17, 15) is 14.9 Å². The fourth-order valence-corrected chi connectivity index (χ4v) is 1.09. The Balaban J connectivity index is 2.97. The van der Waals surface area contributed by atoms with Crippen molar-refractivity contribution in [2.75, 3.05) is 12.5 Å². The van der Waals surface area contributed by atoms with E-state index in [-0.39, 0.29) is 11.5 Å². The topological polar surface area (TPSA) is 93.8 Å². The lowest BCUT2D eigenvalue weighted by atomic mass is 10.2. The molecule has 0 radical (unpaired) electrons. The second kappa shape index (κ2) is 5.59. The molecule has 0 heterocycles. The zero-order valence-corrected chi connectivity index (χ0v) is 9.34. The van der Waals surface area contributed by atoms with Crippen molar-refractivity contribution in [3.05, 3.63) is 28.3 Å². The summed E-state index contributed by atoms with van der Waals surface area (Å²) in [7, 11) is 1.43. The van der Waals surface area contributed by atoms with Crippen LogP contribution in [-0.4, -0.2) is 24.0 Å². The summed E-state index contributed by atoms with van der Waals surface area (Å²) < 4.78 is 4.99. The molecule has 1 rings (SSSR count). The lowest BCUT2D eigenvalue weighted by Gasteiger charge is -2.06. The summed E-state index contributed by atoms with van der Waals surface area (Å²) in [4.78, 5) is 20.7. The molecule has 0 aliphatic carbocycles. The predicted molar refractivity (Wildman–Crippen MR) is 62.4 cm³/mol. The van der Waals surface area contributed by atoms with E-state index in [1.54, 1.807) is 0 Å². The van der Waals surface area contributed by atoms with Gasteiger partial charge in [-0.2, -0.15) is 5.10 Å². The molecule has 0 fully saturated rings. The Morgan fingerprint density at radius 2 is 2.29 bits per heavy atom. The first-order chi connectivity index (χ1) is 8.04. The van der Waals surface area contributed by atoms with Gasteiger partial charge in [-0.25, -0.2) is 0 Å². The Morgan fingerprint density at radius 1 is 1.59 bits per heavy atom. The zero-order chi connectivity index (χ0) is 12.8. The summed E-state index contributed by atoms with van der Waals surface area (Å²) in [6, 6.07) is 4.04. The number of hydrogen-bond donors (Lipinski definition) is 1.